The van der Waals surface area contributed by atoms with Crippen LogP contribution in [0.2, 0.25) is 0 Å². The van der Waals surface area contributed by atoms with Crippen LogP contribution in [0, 0.1) is 11.8 Å². The number of aliphatic hydroxyl groups is 2. The fourth-order valence-corrected chi connectivity index (χ4v) is 5.53. The number of carbonyl (C=O) groups is 3. The third kappa shape index (κ3) is 2.66. The van der Waals surface area contributed by atoms with Gasteiger partial charge in [-0.1, -0.05) is 6.07 Å². The molecule has 170 valence electrons. The molecule has 1 amide bonds. The molecule has 1 aromatic rings. The number of rotatable bonds is 3. The number of Topliss-reactive ketones (excluding diaryl/α,β-unsaturated/α-hetero) is 2. The summed E-state index contributed by atoms with van der Waals surface area (Å²) in [5, 5.41) is 41.5. The van der Waals surface area contributed by atoms with E-state index < -0.39 is 58.0 Å². The van der Waals surface area contributed by atoms with Crippen molar-refractivity contribution < 1.29 is 34.8 Å². The third-order valence-electron chi connectivity index (χ3n) is 6.96. The second-order valence-corrected chi connectivity index (χ2v) is 8.79. The number of allylic oxidation sites excluding steroid dienone is 1. The van der Waals surface area contributed by atoms with Crippen molar-refractivity contribution in [2.24, 2.45) is 23.3 Å². The van der Waals surface area contributed by atoms with Gasteiger partial charge in [-0.15, -0.1) is 0 Å². The number of primary amides is 1. The highest BCUT2D eigenvalue weighted by atomic mass is 16.4. The van der Waals surface area contributed by atoms with E-state index in [1.165, 1.54) is 11.0 Å². The molecule has 0 spiro atoms. The Morgan fingerprint density at radius 1 is 1.28 bits per heavy atom. The first-order valence-electron chi connectivity index (χ1n) is 10.2. The standard InChI is InChI=1S/C22H25N3O7/c1-25(2)16-11-6-9-5-10-8(7-23)3-4-12(26)14(10)17(27)13(9)19(29)22(11,32)20(30)15(18(16)28)21(24)31/h3-4,9,11,16,26,29-30,32H,5-7,23H2,1-2H3,(H2,24,31)/p+1. The Hall–Kier alpha value is -3.21. The van der Waals surface area contributed by atoms with Crippen LogP contribution in [0.3, 0.4) is 0 Å². The van der Waals surface area contributed by atoms with Crippen LogP contribution in [0.15, 0.2) is 34.8 Å². The maximum absolute atomic E-state index is 13.4. The summed E-state index contributed by atoms with van der Waals surface area (Å²) in [5.41, 5.74) is 9.11. The minimum atomic E-state index is -2.45. The number of nitrogens with zero attached hydrogens (tertiary/aromatic N) is 1. The van der Waals surface area contributed by atoms with Crippen molar-refractivity contribution in [2.45, 2.75) is 31.0 Å². The summed E-state index contributed by atoms with van der Waals surface area (Å²) in [7, 11) is 3.16. The summed E-state index contributed by atoms with van der Waals surface area (Å²) >= 11 is 0. The quantitative estimate of drug-likeness (QED) is 0.282. The van der Waals surface area contributed by atoms with Gasteiger partial charge in [-0.2, -0.15) is 0 Å². The van der Waals surface area contributed by atoms with Crippen LogP contribution >= 0.6 is 0 Å². The van der Waals surface area contributed by atoms with E-state index in [1.807, 2.05) is 0 Å². The fraction of sp³-hybridized carbons (Fsp3) is 0.409. The van der Waals surface area contributed by atoms with Crippen molar-refractivity contribution in [3.63, 3.8) is 0 Å². The molecule has 0 aromatic heterocycles. The number of ketones is 2. The van der Waals surface area contributed by atoms with Gasteiger partial charge in [-0.05, 0) is 44.1 Å². The molecule has 0 heterocycles. The summed E-state index contributed by atoms with van der Waals surface area (Å²) < 4.78 is 0. The molecule has 0 saturated heterocycles. The van der Waals surface area contributed by atoms with Crippen molar-refractivity contribution in [3.8, 4) is 5.75 Å². The lowest BCUT2D eigenvalue weighted by atomic mass is 9.59. The highest BCUT2D eigenvalue weighted by molar-refractivity contribution is 6.22. The Kier molecular flexibility index (Phi) is 4.92. The van der Waals surface area contributed by atoms with Gasteiger partial charge in [0.1, 0.15) is 11.3 Å². The van der Waals surface area contributed by atoms with Gasteiger partial charge in [0.25, 0.3) is 11.7 Å². The minimum absolute atomic E-state index is 0.0145. The van der Waals surface area contributed by atoms with E-state index in [0.29, 0.717) is 11.1 Å². The van der Waals surface area contributed by atoms with Gasteiger partial charge in [0, 0.05) is 18.4 Å². The number of likely N-dealkylation sites (N-methyl/N-ethyl adjacent to an activating group) is 1. The molecule has 0 radical (unpaired) electrons. The lowest BCUT2D eigenvalue weighted by molar-refractivity contribution is -0.136. The van der Waals surface area contributed by atoms with Crippen molar-refractivity contribution in [2.75, 3.05) is 14.1 Å². The zero-order chi connectivity index (χ0) is 23.7. The van der Waals surface area contributed by atoms with Crippen LogP contribution in [0.1, 0.15) is 27.9 Å². The maximum atomic E-state index is 13.4. The van der Waals surface area contributed by atoms with Crippen LogP contribution < -0.4 is 11.5 Å². The molecule has 10 heteroatoms. The van der Waals surface area contributed by atoms with Crippen molar-refractivity contribution >= 4 is 17.5 Å². The number of aromatic hydroxyl groups is 1. The van der Waals surface area contributed by atoms with Crippen LogP contribution in [-0.4, -0.2) is 68.5 Å². The van der Waals surface area contributed by atoms with Gasteiger partial charge in [-0.25, -0.2) is 0 Å². The Bertz CT molecular complexity index is 1140. The molecule has 0 fully saturated rings. The number of benzene rings is 1. The molecule has 32 heavy (non-hydrogen) atoms. The smallest absolute Gasteiger partial charge is 0.277 e. The molecule has 4 rings (SSSR count). The third-order valence-corrected chi connectivity index (χ3v) is 6.96. The first-order chi connectivity index (χ1) is 15.0. The molecule has 0 saturated carbocycles. The Morgan fingerprint density at radius 2 is 1.94 bits per heavy atom. The number of amides is 1. The zero-order valence-electron chi connectivity index (χ0n) is 17.7. The first kappa shape index (κ1) is 22.0. The molecule has 4 unspecified atom stereocenters. The van der Waals surface area contributed by atoms with E-state index in [2.05, 4.69) is 0 Å². The highest BCUT2D eigenvalue weighted by Gasteiger charge is 2.65. The summed E-state index contributed by atoms with van der Waals surface area (Å²) in [5.74, 6) is -6.02. The topological polar surface area (TPSA) is 190 Å². The summed E-state index contributed by atoms with van der Waals surface area (Å²) in [6, 6.07) is 1.94. The number of carbonyl (C=O) groups excluding carboxylic acids is 3. The minimum Gasteiger partial charge on any atom is -0.594 e. The average Bonchev–Trinajstić information content (AvgIpc) is 2.70. The molecular formula is C22H26N3O7+. The van der Waals surface area contributed by atoms with Crippen LogP contribution in [0.5, 0.6) is 5.75 Å². The van der Waals surface area contributed by atoms with E-state index in [-0.39, 0.29) is 36.3 Å². The molecule has 1 aromatic carbocycles. The van der Waals surface area contributed by atoms with Crippen molar-refractivity contribution in [1.29, 1.82) is 0 Å². The van der Waals surface area contributed by atoms with Crippen LogP contribution in [0.4, 0.5) is 0 Å². The summed E-state index contributed by atoms with van der Waals surface area (Å²) in [6.07, 6.45) is 0.359. The molecule has 3 aliphatic rings. The van der Waals surface area contributed by atoms with Crippen molar-refractivity contribution in [1.82, 2.24) is 4.90 Å². The van der Waals surface area contributed by atoms with Crippen molar-refractivity contribution in [3.05, 3.63) is 51.5 Å². The Balaban J connectivity index is 2.00. The number of fused-ring (bicyclic) bond motifs is 3. The Labute approximate surface area is 183 Å². The van der Waals surface area contributed by atoms with Crippen LogP contribution in [-0.2, 0) is 22.6 Å². The lowest BCUT2D eigenvalue weighted by Crippen LogP contribution is -2.62. The van der Waals surface area contributed by atoms with E-state index in [1.54, 1.807) is 20.2 Å². The number of aliphatic hydroxyl groups excluding tert-OH is 1. The van der Waals surface area contributed by atoms with Gasteiger partial charge in [-0.3, -0.25) is 19.3 Å². The normalized spacial score (nSPS) is 29.7. The summed E-state index contributed by atoms with van der Waals surface area (Å²) in [6.45, 7) is 0.146. The molecular weight excluding hydrogens is 418 g/mol. The summed E-state index contributed by atoms with van der Waals surface area (Å²) in [4.78, 5) is 39.9. The number of phenolic OH excluding ortho intramolecular Hbond substituents is 1. The molecule has 9 N–H and O–H groups in total. The molecule has 0 bridgehead atoms. The monoisotopic (exact) mass is 444 g/mol. The predicted molar refractivity (Wildman–Crippen MR) is 113 cm³/mol. The predicted octanol–water partition coefficient (Wildman–Crippen LogP) is -1.25. The first-order valence-corrected chi connectivity index (χ1v) is 10.2. The number of phenols is 1. The maximum Gasteiger partial charge on any atom is 0.277 e. The van der Waals surface area contributed by atoms with E-state index in [9.17, 15) is 29.7 Å². The second kappa shape index (κ2) is 7.16. The van der Waals surface area contributed by atoms with Gasteiger partial charge < -0.3 is 31.9 Å². The van der Waals surface area contributed by atoms with Gasteiger partial charge >= 0.3 is 0 Å². The highest BCUT2D eigenvalue weighted by Crippen LogP contribution is 2.53. The fourth-order valence-electron chi connectivity index (χ4n) is 5.53. The largest absolute Gasteiger partial charge is 0.594 e. The Morgan fingerprint density at radius 3 is 2.50 bits per heavy atom. The molecule has 3 aliphatic carbocycles. The van der Waals surface area contributed by atoms with E-state index >= 15 is 0 Å². The number of hydrogen-bond donors (Lipinski definition) is 5. The van der Waals surface area contributed by atoms with Crippen LogP contribution in [0.25, 0.3) is 0 Å². The second-order valence-electron chi connectivity index (χ2n) is 8.79. The van der Waals surface area contributed by atoms with E-state index in [0.717, 1.165) is 0 Å². The number of hydrogen-bond acceptors (Lipinski definition) is 8. The van der Waals surface area contributed by atoms with Gasteiger partial charge in [0.05, 0.1) is 17.2 Å². The molecule has 4 atom stereocenters. The SMILES string of the molecule is CN(C)C1C(=O)C(C(N)=O)=C(O)C2(O)C([OH2+])=C3C(=O)c4c(O)ccc(CN)c4CC3CC12. The average molecular weight is 444 g/mol. The zero-order valence-corrected chi connectivity index (χ0v) is 17.7. The van der Waals surface area contributed by atoms with E-state index in [4.69, 9.17) is 16.6 Å². The van der Waals surface area contributed by atoms with Gasteiger partial charge in [0.15, 0.2) is 11.5 Å². The lowest BCUT2D eigenvalue weighted by Gasteiger charge is -2.48. The van der Waals surface area contributed by atoms with Gasteiger partial charge in [0.2, 0.25) is 11.4 Å². The molecule has 10 nitrogen and oxygen atoms in total. The molecule has 0 aliphatic heterocycles. The number of nitrogens with two attached hydrogens (primary N) is 2.